The third-order valence-electron chi connectivity index (χ3n) is 4.14. The predicted molar refractivity (Wildman–Crippen MR) is 92.3 cm³/mol. The number of aromatic nitrogens is 2. The van der Waals surface area contributed by atoms with E-state index in [9.17, 15) is 19.5 Å². The van der Waals surface area contributed by atoms with Crippen LogP contribution in [-0.4, -0.2) is 25.9 Å². The summed E-state index contributed by atoms with van der Waals surface area (Å²) in [7, 11) is 2.81. The van der Waals surface area contributed by atoms with Crippen molar-refractivity contribution in [2.45, 2.75) is 12.3 Å². The van der Waals surface area contributed by atoms with Gasteiger partial charge in [0.05, 0.1) is 17.2 Å². The van der Waals surface area contributed by atoms with E-state index in [-0.39, 0.29) is 17.8 Å². The molecule has 0 amide bonds. The zero-order valence-electron chi connectivity index (χ0n) is 13.0. The highest BCUT2D eigenvalue weighted by atomic mass is 79.9. The smallest absolute Gasteiger partial charge is 0.332 e. The number of hydrogen-bond acceptors (Lipinski definition) is 4. The van der Waals surface area contributed by atoms with Crippen LogP contribution in [-0.2, 0) is 18.9 Å². The van der Waals surface area contributed by atoms with E-state index in [0.29, 0.717) is 5.71 Å². The standard InChI is InChI=1S/C16H14BrN3O4/c1-19-13-12(14(21)20(2)16(19)24)9(15(22)23)7-11(18-13)8-5-3-4-6-10(8)17/h3-6,9H,7H2,1-2H3,(H,22,23). The number of nitrogens with zero attached hydrogens (tertiary/aromatic N) is 3. The van der Waals surface area contributed by atoms with E-state index >= 15 is 0 Å². The highest BCUT2D eigenvalue weighted by Gasteiger charge is 2.34. The Kier molecular flexibility index (Phi) is 4.00. The fourth-order valence-corrected chi connectivity index (χ4v) is 3.36. The maximum absolute atomic E-state index is 12.4. The number of carboxylic acid groups (broad SMARTS) is 1. The molecule has 0 spiro atoms. The van der Waals surface area contributed by atoms with Crippen LogP contribution in [0.15, 0.2) is 43.3 Å². The lowest BCUT2D eigenvalue weighted by molar-refractivity contribution is -0.138. The molecule has 0 aliphatic carbocycles. The van der Waals surface area contributed by atoms with Crippen LogP contribution in [0.4, 0.5) is 5.82 Å². The molecule has 0 saturated carbocycles. The number of carboxylic acids is 1. The molecule has 1 aromatic heterocycles. The highest BCUT2D eigenvalue weighted by Crippen LogP contribution is 2.34. The van der Waals surface area contributed by atoms with Gasteiger partial charge in [-0.05, 0) is 6.07 Å². The molecule has 2 heterocycles. The zero-order chi connectivity index (χ0) is 17.6. The number of carbonyl (C=O) groups is 1. The molecule has 1 N–H and O–H groups in total. The first-order chi connectivity index (χ1) is 11.3. The van der Waals surface area contributed by atoms with Crippen molar-refractivity contribution in [3.05, 3.63) is 60.7 Å². The molecule has 0 bridgehead atoms. The second kappa shape index (κ2) is 5.86. The van der Waals surface area contributed by atoms with Crippen molar-refractivity contribution in [2.24, 2.45) is 19.1 Å². The summed E-state index contributed by atoms with van der Waals surface area (Å²) in [4.78, 5) is 40.7. The van der Waals surface area contributed by atoms with Gasteiger partial charge in [0.15, 0.2) is 0 Å². The second-order valence-electron chi connectivity index (χ2n) is 5.58. The zero-order valence-corrected chi connectivity index (χ0v) is 14.6. The van der Waals surface area contributed by atoms with Gasteiger partial charge in [0, 0.05) is 30.6 Å². The number of rotatable bonds is 2. The number of fused-ring (bicyclic) bond motifs is 1. The molecule has 2 aromatic rings. The molecular formula is C16H14BrN3O4. The van der Waals surface area contributed by atoms with E-state index < -0.39 is 23.1 Å². The third kappa shape index (κ3) is 2.43. The summed E-state index contributed by atoms with van der Waals surface area (Å²) < 4.78 is 2.89. The van der Waals surface area contributed by atoms with Crippen molar-refractivity contribution in [1.29, 1.82) is 0 Å². The quantitative estimate of drug-likeness (QED) is 0.839. The molecule has 0 saturated heterocycles. The van der Waals surface area contributed by atoms with Crippen molar-refractivity contribution in [2.75, 3.05) is 0 Å². The van der Waals surface area contributed by atoms with E-state index in [1.165, 1.54) is 18.7 Å². The molecule has 7 nitrogen and oxygen atoms in total. The van der Waals surface area contributed by atoms with Crippen LogP contribution in [0.1, 0.15) is 23.5 Å². The Balaban J connectivity index is 2.36. The summed E-state index contributed by atoms with van der Waals surface area (Å²) in [5.74, 6) is -2.07. The molecule has 1 atom stereocenters. The number of aliphatic imine (C=N–C) groups is 1. The fraction of sp³-hybridized carbons (Fsp3) is 0.250. The minimum absolute atomic E-state index is 0.0444. The first-order valence-corrected chi connectivity index (χ1v) is 7.97. The molecular weight excluding hydrogens is 378 g/mol. The molecule has 1 aromatic carbocycles. The van der Waals surface area contributed by atoms with Crippen LogP contribution in [0, 0.1) is 0 Å². The van der Waals surface area contributed by atoms with E-state index in [1.54, 1.807) is 0 Å². The molecule has 1 aliphatic heterocycles. The van der Waals surface area contributed by atoms with Gasteiger partial charge in [-0.25, -0.2) is 9.79 Å². The van der Waals surface area contributed by atoms with Gasteiger partial charge in [0.2, 0.25) is 0 Å². The lowest BCUT2D eigenvalue weighted by Gasteiger charge is -2.23. The molecule has 124 valence electrons. The lowest BCUT2D eigenvalue weighted by atomic mass is 9.89. The first kappa shape index (κ1) is 16.4. The van der Waals surface area contributed by atoms with Crippen LogP contribution in [0.25, 0.3) is 0 Å². The van der Waals surface area contributed by atoms with E-state index in [0.717, 1.165) is 14.6 Å². The van der Waals surface area contributed by atoms with Crippen molar-refractivity contribution in [3.8, 4) is 0 Å². The summed E-state index contributed by atoms with van der Waals surface area (Å²) in [6.45, 7) is 0. The normalized spacial score (nSPS) is 16.5. The van der Waals surface area contributed by atoms with Crippen LogP contribution < -0.4 is 11.2 Å². The van der Waals surface area contributed by atoms with Crippen LogP contribution in [0.3, 0.4) is 0 Å². The summed E-state index contributed by atoms with van der Waals surface area (Å²) in [5.41, 5.74) is 0.145. The molecule has 3 rings (SSSR count). The maximum atomic E-state index is 12.4. The summed E-state index contributed by atoms with van der Waals surface area (Å²) >= 11 is 3.43. The van der Waals surface area contributed by atoms with Gasteiger partial charge in [0.25, 0.3) is 5.56 Å². The predicted octanol–water partition coefficient (Wildman–Crippen LogP) is 1.54. The first-order valence-electron chi connectivity index (χ1n) is 7.18. The van der Waals surface area contributed by atoms with Crippen molar-refractivity contribution in [3.63, 3.8) is 0 Å². The topological polar surface area (TPSA) is 93.7 Å². The average molecular weight is 392 g/mol. The van der Waals surface area contributed by atoms with E-state index in [1.807, 2.05) is 24.3 Å². The summed E-state index contributed by atoms with van der Waals surface area (Å²) in [5, 5.41) is 9.59. The highest BCUT2D eigenvalue weighted by molar-refractivity contribution is 9.10. The Labute approximate surface area is 145 Å². The second-order valence-corrected chi connectivity index (χ2v) is 6.43. The van der Waals surface area contributed by atoms with Gasteiger partial charge in [-0.3, -0.25) is 18.7 Å². The third-order valence-corrected chi connectivity index (χ3v) is 4.83. The van der Waals surface area contributed by atoms with Gasteiger partial charge in [0.1, 0.15) is 5.82 Å². The molecule has 1 aliphatic rings. The van der Waals surface area contributed by atoms with E-state index in [4.69, 9.17) is 0 Å². The number of benzene rings is 1. The molecule has 24 heavy (non-hydrogen) atoms. The van der Waals surface area contributed by atoms with Gasteiger partial charge in [-0.2, -0.15) is 0 Å². The molecule has 0 fully saturated rings. The monoisotopic (exact) mass is 391 g/mol. The summed E-state index contributed by atoms with van der Waals surface area (Å²) in [6, 6.07) is 7.29. The number of hydrogen-bond donors (Lipinski definition) is 1. The van der Waals surface area contributed by atoms with Crippen LogP contribution in [0.5, 0.6) is 0 Å². The minimum Gasteiger partial charge on any atom is -0.481 e. The molecule has 0 radical (unpaired) electrons. The number of aliphatic carboxylic acids is 1. The van der Waals surface area contributed by atoms with Crippen LogP contribution >= 0.6 is 15.9 Å². The van der Waals surface area contributed by atoms with Gasteiger partial charge in [-0.15, -0.1) is 0 Å². The Bertz CT molecular complexity index is 1000. The molecule has 1 unspecified atom stereocenters. The van der Waals surface area contributed by atoms with E-state index in [2.05, 4.69) is 20.9 Å². The van der Waals surface area contributed by atoms with Gasteiger partial charge >= 0.3 is 11.7 Å². The Morgan fingerprint density at radius 2 is 1.92 bits per heavy atom. The van der Waals surface area contributed by atoms with Gasteiger partial charge in [-0.1, -0.05) is 34.1 Å². The lowest BCUT2D eigenvalue weighted by Crippen LogP contribution is -2.42. The largest absolute Gasteiger partial charge is 0.481 e. The number of halogens is 1. The van der Waals surface area contributed by atoms with Gasteiger partial charge < -0.3 is 5.11 Å². The Morgan fingerprint density at radius 1 is 1.25 bits per heavy atom. The fourth-order valence-electron chi connectivity index (χ4n) is 2.84. The Morgan fingerprint density at radius 3 is 2.54 bits per heavy atom. The molecule has 8 heteroatoms. The SMILES string of the molecule is Cn1c2c(c(=O)n(C)c1=O)C(C(=O)O)CC(c1ccccc1Br)=N2. The maximum Gasteiger partial charge on any atom is 0.332 e. The van der Waals surface area contributed by atoms with Crippen molar-refractivity contribution >= 4 is 33.4 Å². The van der Waals surface area contributed by atoms with Crippen molar-refractivity contribution < 1.29 is 9.90 Å². The summed E-state index contributed by atoms with van der Waals surface area (Å²) in [6.07, 6.45) is 0.0817. The Hall–Kier alpha value is -2.48. The van der Waals surface area contributed by atoms with Crippen molar-refractivity contribution in [1.82, 2.24) is 9.13 Å². The van der Waals surface area contributed by atoms with Crippen LogP contribution in [0.2, 0.25) is 0 Å². The minimum atomic E-state index is -1.12. The average Bonchev–Trinajstić information content (AvgIpc) is 2.57.